The number of aromatic hydroxyl groups is 2. The van der Waals surface area contributed by atoms with Gasteiger partial charge in [0.1, 0.15) is 11.5 Å². The average Bonchev–Trinajstić information content (AvgIpc) is 2.45. The number of phenolic OH excluding ortho intramolecular Hbond substituents is 2. The van der Waals surface area contributed by atoms with Crippen LogP contribution in [0.4, 0.5) is 0 Å². The third kappa shape index (κ3) is 3.44. The van der Waals surface area contributed by atoms with Crippen molar-refractivity contribution in [2.45, 2.75) is 38.8 Å². The first-order chi connectivity index (χ1) is 9.51. The van der Waals surface area contributed by atoms with Crippen molar-refractivity contribution in [1.82, 2.24) is 9.80 Å². The highest BCUT2D eigenvalue weighted by Gasteiger charge is 2.25. The Morgan fingerprint density at radius 3 is 2.25 bits per heavy atom. The highest BCUT2D eigenvalue weighted by molar-refractivity contribution is 5.38. The van der Waals surface area contributed by atoms with Crippen molar-refractivity contribution < 1.29 is 10.2 Å². The van der Waals surface area contributed by atoms with Gasteiger partial charge in [0, 0.05) is 18.2 Å². The van der Waals surface area contributed by atoms with Crippen molar-refractivity contribution in [1.29, 1.82) is 0 Å². The van der Waals surface area contributed by atoms with Crippen LogP contribution in [-0.2, 0) is 0 Å². The zero-order chi connectivity index (χ0) is 14.7. The van der Waals surface area contributed by atoms with Crippen LogP contribution in [0.25, 0.3) is 0 Å². The molecule has 1 unspecified atom stereocenters. The van der Waals surface area contributed by atoms with E-state index in [1.54, 1.807) is 12.1 Å². The van der Waals surface area contributed by atoms with E-state index in [4.69, 9.17) is 0 Å². The van der Waals surface area contributed by atoms with Gasteiger partial charge in [-0.15, -0.1) is 0 Å². The van der Waals surface area contributed by atoms with Gasteiger partial charge in [0.05, 0.1) is 0 Å². The molecule has 4 heteroatoms. The molecule has 1 atom stereocenters. The number of phenols is 2. The van der Waals surface area contributed by atoms with Crippen LogP contribution in [-0.4, -0.2) is 52.7 Å². The standard InChI is InChI=1S/C16H26N2O2/c1-4-18-7-5-14(6-8-18)17(3)12(2)13-9-15(19)11-16(20)10-13/h9-12,14,19-20H,4-8H2,1-3H3. The lowest BCUT2D eigenvalue weighted by Gasteiger charge is -2.39. The third-order valence-electron chi connectivity index (χ3n) is 4.60. The van der Waals surface area contributed by atoms with Crippen molar-refractivity contribution in [2.75, 3.05) is 26.7 Å². The summed E-state index contributed by atoms with van der Waals surface area (Å²) in [4.78, 5) is 4.84. The van der Waals surface area contributed by atoms with Gasteiger partial charge >= 0.3 is 0 Å². The molecule has 1 aliphatic heterocycles. The second-order valence-electron chi connectivity index (χ2n) is 5.79. The summed E-state index contributed by atoms with van der Waals surface area (Å²) in [6.07, 6.45) is 2.36. The molecule has 1 aromatic rings. The van der Waals surface area contributed by atoms with E-state index in [1.165, 1.54) is 18.9 Å². The molecule has 0 bridgehead atoms. The molecule has 0 aromatic heterocycles. The van der Waals surface area contributed by atoms with Gasteiger partial charge in [-0.25, -0.2) is 0 Å². The van der Waals surface area contributed by atoms with E-state index in [-0.39, 0.29) is 17.5 Å². The fourth-order valence-corrected chi connectivity index (χ4v) is 3.05. The minimum Gasteiger partial charge on any atom is -0.508 e. The van der Waals surface area contributed by atoms with Crippen LogP contribution in [0, 0.1) is 0 Å². The fourth-order valence-electron chi connectivity index (χ4n) is 3.05. The minimum absolute atomic E-state index is 0.126. The number of hydrogen-bond donors (Lipinski definition) is 2. The first-order valence-electron chi connectivity index (χ1n) is 7.48. The van der Waals surface area contributed by atoms with Crippen molar-refractivity contribution in [3.63, 3.8) is 0 Å². The molecular weight excluding hydrogens is 252 g/mol. The highest BCUT2D eigenvalue weighted by atomic mass is 16.3. The normalized spacial score (nSPS) is 19.4. The molecule has 20 heavy (non-hydrogen) atoms. The second-order valence-corrected chi connectivity index (χ2v) is 5.79. The molecule has 0 amide bonds. The Morgan fingerprint density at radius 2 is 1.75 bits per heavy atom. The maximum Gasteiger partial charge on any atom is 0.119 e. The molecule has 112 valence electrons. The smallest absolute Gasteiger partial charge is 0.119 e. The fraction of sp³-hybridized carbons (Fsp3) is 0.625. The Morgan fingerprint density at radius 1 is 1.20 bits per heavy atom. The molecule has 2 rings (SSSR count). The second kappa shape index (κ2) is 6.46. The van der Waals surface area contributed by atoms with E-state index in [1.807, 2.05) is 0 Å². The average molecular weight is 278 g/mol. The van der Waals surface area contributed by atoms with E-state index in [0.717, 1.165) is 25.2 Å². The van der Waals surface area contributed by atoms with Crippen LogP contribution in [0.15, 0.2) is 18.2 Å². The van der Waals surface area contributed by atoms with Crippen molar-refractivity contribution in [3.05, 3.63) is 23.8 Å². The van der Waals surface area contributed by atoms with Gasteiger partial charge in [0.15, 0.2) is 0 Å². The molecule has 1 saturated heterocycles. The molecule has 1 aliphatic rings. The van der Waals surface area contributed by atoms with E-state index in [9.17, 15) is 10.2 Å². The number of piperidine rings is 1. The van der Waals surface area contributed by atoms with Gasteiger partial charge in [0.25, 0.3) is 0 Å². The van der Waals surface area contributed by atoms with Crippen LogP contribution in [0.5, 0.6) is 11.5 Å². The molecule has 0 saturated carbocycles. The van der Waals surface area contributed by atoms with Crippen LogP contribution in [0.3, 0.4) is 0 Å². The number of nitrogens with zero attached hydrogens (tertiary/aromatic N) is 2. The summed E-state index contributed by atoms with van der Waals surface area (Å²) in [5.41, 5.74) is 0.961. The van der Waals surface area contributed by atoms with Crippen molar-refractivity contribution >= 4 is 0 Å². The van der Waals surface area contributed by atoms with E-state index < -0.39 is 0 Å². The van der Waals surface area contributed by atoms with E-state index >= 15 is 0 Å². The molecule has 1 aromatic carbocycles. The first-order valence-corrected chi connectivity index (χ1v) is 7.48. The Kier molecular flexibility index (Phi) is 4.89. The van der Waals surface area contributed by atoms with Crippen LogP contribution < -0.4 is 0 Å². The SMILES string of the molecule is CCN1CCC(N(C)C(C)c2cc(O)cc(O)c2)CC1. The molecular formula is C16H26N2O2. The Balaban J connectivity index is 2.03. The summed E-state index contributed by atoms with van der Waals surface area (Å²) in [7, 11) is 2.14. The predicted octanol–water partition coefficient (Wildman–Crippen LogP) is 2.57. The van der Waals surface area contributed by atoms with Gasteiger partial charge in [-0.1, -0.05) is 6.92 Å². The maximum absolute atomic E-state index is 9.62. The van der Waals surface area contributed by atoms with Gasteiger partial charge in [-0.05, 0) is 64.1 Å². The molecule has 0 radical (unpaired) electrons. The van der Waals surface area contributed by atoms with Gasteiger partial charge < -0.3 is 15.1 Å². The number of likely N-dealkylation sites (tertiary alicyclic amines) is 1. The highest BCUT2D eigenvalue weighted by Crippen LogP contribution is 2.30. The Labute approximate surface area is 121 Å². The van der Waals surface area contributed by atoms with Crippen molar-refractivity contribution in [3.8, 4) is 11.5 Å². The lowest BCUT2D eigenvalue weighted by atomic mass is 9.99. The van der Waals surface area contributed by atoms with Crippen LogP contribution >= 0.6 is 0 Å². The summed E-state index contributed by atoms with van der Waals surface area (Å²) in [5, 5.41) is 19.2. The minimum atomic E-state index is 0.126. The molecule has 1 fully saturated rings. The molecule has 4 nitrogen and oxygen atoms in total. The zero-order valence-electron chi connectivity index (χ0n) is 12.7. The van der Waals surface area contributed by atoms with Gasteiger partial charge in [-0.2, -0.15) is 0 Å². The number of rotatable bonds is 4. The molecule has 0 aliphatic carbocycles. The molecule has 1 heterocycles. The lowest BCUT2D eigenvalue weighted by Crippen LogP contribution is -2.44. The third-order valence-corrected chi connectivity index (χ3v) is 4.60. The largest absolute Gasteiger partial charge is 0.508 e. The summed E-state index contributed by atoms with van der Waals surface area (Å²) in [6, 6.07) is 5.60. The van der Waals surface area contributed by atoms with Crippen LogP contribution in [0.1, 0.15) is 38.3 Å². The Hall–Kier alpha value is -1.26. The molecule has 0 spiro atoms. The first kappa shape index (κ1) is 15.1. The number of hydrogen-bond acceptors (Lipinski definition) is 4. The maximum atomic E-state index is 9.62. The van der Waals surface area contributed by atoms with E-state index in [2.05, 4.69) is 30.7 Å². The van der Waals surface area contributed by atoms with Crippen molar-refractivity contribution in [2.24, 2.45) is 0 Å². The summed E-state index contributed by atoms with van der Waals surface area (Å²) < 4.78 is 0. The van der Waals surface area contributed by atoms with E-state index in [0.29, 0.717) is 6.04 Å². The quantitative estimate of drug-likeness (QED) is 0.888. The summed E-state index contributed by atoms with van der Waals surface area (Å²) in [5.74, 6) is 0.252. The number of benzene rings is 1. The summed E-state index contributed by atoms with van der Waals surface area (Å²) in [6.45, 7) is 7.78. The molecule has 2 N–H and O–H groups in total. The zero-order valence-corrected chi connectivity index (χ0v) is 12.7. The lowest BCUT2D eigenvalue weighted by molar-refractivity contribution is 0.104. The predicted molar refractivity (Wildman–Crippen MR) is 81.1 cm³/mol. The van der Waals surface area contributed by atoms with Crippen LogP contribution in [0.2, 0.25) is 0 Å². The Bertz CT molecular complexity index is 422. The summed E-state index contributed by atoms with van der Waals surface area (Å²) >= 11 is 0. The van der Waals surface area contributed by atoms with Gasteiger partial charge in [-0.3, -0.25) is 4.90 Å². The monoisotopic (exact) mass is 278 g/mol. The topological polar surface area (TPSA) is 46.9 Å². The van der Waals surface area contributed by atoms with Gasteiger partial charge in [0.2, 0.25) is 0 Å².